The summed E-state index contributed by atoms with van der Waals surface area (Å²) >= 11 is 1.32. The minimum atomic E-state index is -0.594. The minimum absolute atomic E-state index is 0.111. The van der Waals surface area contributed by atoms with Crippen molar-refractivity contribution in [3.05, 3.63) is 66.7 Å². The number of anilines is 2. The lowest BCUT2D eigenvalue weighted by Gasteiger charge is -2.23. The van der Waals surface area contributed by atoms with Crippen LogP contribution in [0.2, 0.25) is 0 Å². The molecule has 1 aliphatic heterocycles. The van der Waals surface area contributed by atoms with Crippen LogP contribution in [-0.4, -0.2) is 34.2 Å². The first-order valence-electron chi connectivity index (χ1n) is 11.1. The van der Waals surface area contributed by atoms with Crippen LogP contribution in [0.25, 0.3) is 21.8 Å². The zero-order valence-corrected chi connectivity index (χ0v) is 19.4. The number of hydrogen-bond donors (Lipinski definition) is 2. The summed E-state index contributed by atoms with van der Waals surface area (Å²) in [6.07, 6.45) is -0.111. The van der Waals surface area contributed by atoms with Gasteiger partial charge in [-0.05, 0) is 43.3 Å². The first-order chi connectivity index (χ1) is 16.5. The van der Waals surface area contributed by atoms with Gasteiger partial charge in [-0.1, -0.05) is 30.3 Å². The Kier molecular flexibility index (Phi) is 5.98. The molecule has 1 aromatic heterocycles. The molecule has 0 bridgehead atoms. The van der Waals surface area contributed by atoms with Crippen LogP contribution < -0.4 is 10.6 Å². The smallest absolute Gasteiger partial charge is 0.307 e. The van der Waals surface area contributed by atoms with Crippen LogP contribution in [-0.2, 0) is 25.7 Å². The summed E-state index contributed by atoms with van der Waals surface area (Å²) in [7, 11) is 0. The van der Waals surface area contributed by atoms with Gasteiger partial charge in [0.1, 0.15) is 0 Å². The number of ether oxygens (including phenoxy) is 1. The number of carbonyl (C=O) groups is 3. The number of amides is 2. The molecule has 4 aromatic rings. The van der Waals surface area contributed by atoms with Crippen molar-refractivity contribution in [2.24, 2.45) is 0 Å². The number of para-hydroxylation sites is 2. The van der Waals surface area contributed by atoms with Gasteiger partial charge in [0.2, 0.25) is 5.91 Å². The highest BCUT2D eigenvalue weighted by Gasteiger charge is 2.29. The number of aryl methyl sites for hydroxylation is 1. The van der Waals surface area contributed by atoms with E-state index in [1.807, 2.05) is 54.6 Å². The zero-order valence-electron chi connectivity index (χ0n) is 18.5. The SMILES string of the molecule is CCn1c2ccccc2c2cc(NC(=O)COC(=O)CC3Sc4ccccc4NC3=O)ccc21. The molecule has 34 heavy (non-hydrogen) atoms. The van der Waals surface area contributed by atoms with E-state index < -0.39 is 23.7 Å². The van der Waals surface area contributed by atoms with Crippen molar-refractivity contribution in [2.45, 2.75) is 30.0 Å². The Bertz CT molecular complexity index is 1430. The lowest BCUT2D eigenvalue weighted by molar-refractivity contribution is -0.147. The maximum Gasteiger partial charge on any atom is 0.307 e. The standard InChI is InChI=1S/C26H23N3O4S/c1-2-29-20-9-5-3-7-17(20)18-13-16(11-12-21(18)29)27-24(30)15-33-25(31)14-23-26(32)28-19-8-4-6-10-22(19)34-23/h3-13,23H,2,14-15H2,1H3,(H,27,30)(H,28,32). The second kappa shape index (κ2) is 9.23. The normalized spacial score (nSPS) is 15.1. The highest BCUT2D eigenvalue weighted by molar-refractivity contribution is 8.01. The maximum absolute atomic E-state index is 12.4. The van der Waals surface area contributed by atoms with Crippen LogP contribution in [0, 0.1) is 0 Å². The number of aromatic nitrogens is 1. The molecule has 0 aliphatic carbocycles. The molecule has 2 amide bonds. The van der Waals surface area contributed by atoms with Crippen molar-refractivity contribution in [2.75, 3.05) is 17.2 Å². The van der Waals surface area contributed by atoms with Gasteiger partial charge in [0.15, 0.2) is 6.61 Å². The summed E-state index contributed by atoms with van der Waals surface area (Å²) in [6.45, 7) is 2.53. The van der Waals surface area contributed by atoms with Gasteiger partial charge < -0.3 is 19.9 Å². The fraction of sp³-hybridized carbons (Fsp3) is 0.192. The molecule has 8 heteroatoms. The molecule has 2 N–H and O–H groups in total. The first-order valence-corrected chi connectivity index (χ1v) is 11.9. The second-order valence-corrected chi connectivity index (χ2v) is 9.24. The van der Waals surface area contributed by atoms with Gasteiger partial charge in [0.05, 0.1) is 17.4 Å². The molecule has 0 saturated carbocycles. The average molecular weight is 474 g/mol. The molecule has 1 unspecified atom stereocenters. The monoisotopic (exact) mass is 473 g/mol. The van der Waals surface area contributed by atoms with Gasteiger partial charge in [-0.3, -0.25) is 14.4 Å². The van der Waals surface area contributed by atoms with E-state index in [4.69, 9.17) is 4.74 Å². The van der Waals surface area contributed by atoms with Crippen LogP contribution in [0.5, 0.6) is 0 Å². The Hall–Kier alpha value is -3.78. The van der Waals surface area contributed by atoms with Crippen molar-refractivity contribution in [1.82, 2.24) is 4.57 Å². The van der Waals surface area contributed by atoms with E-state index in [-0.39, 0.29) is 12.3 Å². The van der Waals surface area contributed by atoms with Gasteiger partial charge in [0.25, 0.3) is 5.91 Å². The molecule has 1 aliphatic rings. The molecular weight excluding hydrogens is 450 g/mol. The zero-order chi connectivity index (χ0) is 23.7. The van der Waals surface area contributed by atoms with Crippen molar-refractivity contribution in [3.63, 3.8) is 0 Å². The summed E-state index contributed by atoms with van der Waals surface area (Å²) in [5, 5.41) is 7.17. The topological polar surface area (TPSA) is 89.4 Å². The molecule has 5 rings (SSSR count). The van der Waals surface area contributed by atoms with E-state index in [1.165, 1.54) is 11.8 Å². The second-order valence-electron chi connectivity index (χ2n) is 8.00. The number of hydrogen-bond acceptors (Lipinski definition) is 5. The van der Waals surface area contributed by atoms with Crippen LogP contribution in [0.1, 0.15) is 13.3 Å². The maximum atomic E-state index is 12.4. The highest BCUT2D eigenvalue weighted by Crippen LogP contribution is 2.36. The summed E-state index contributed by atoms with van der Waals surface area (Å²) in [5.41, 5.74) is 3.61. The van der Waals surface area contributed by atoms with Crippen molar-refractivity contribution in [3.8, 4) is 0 Å². The number of fused-ring (bicyclic) bond motifs is 4. The van der Waals surface area contributed by atoms with Crippen LogP contribution in [0.3, 0.4) is 0 Å². The molecule has 1 atom stereocenters. The fourth-order valence-corrected chi connectivity index (χ4v) is 5.35. The first kappa shape index (κ1) is 22.0. The summed E-state index contributed by atoms with van der Waals surface area (Å²) in [6, 6.07) is 21.3. The predicted molar refractivity (Wildman–Crippen MR) is 134 cm³/mol. The molecular formula is C26H23N3O4S. The number of benzene rings is 3. The third-order valence-electron chi connectivity index (χ3n) is 5.80. The molecule has 0 radical (unpaired) electrons. The number of rotatable bonds is 6. The predicted octanol–water partition coefficient (Wildman–Crippen LogP) is 4.80. The van der Waals surface area contributed by atoms with Crippen molar-refractivity contribution < 1.29 is 19.1 Å². The largest absolute Gasteiger partial charge is 0.456 e. The van der Waals surface area contributed by atoms with E-state index in [0.29, 0.717) is 5.69 Å². The third-order valence-corrected chi connectivity index (χ3v) is 7.07. The van der Waals surface area contributed by atoms with Gasteiger partial charge in [-0.25, -0.2) is 0 Å². The Morgan fingerprint density at radius 2 is 1.79 bits per heavy atom. The molecule has 172 valence electrons. The minimum Gasteiger partial charge on any atom is -0.456 e. The molecule has 2 heterocycles. The van der Waals surface area contributed by atoms with Gasteiger partial charge in [-0.2, -0.15) is 0 Å². The Labute approximate surface area is 200 Å². The number of esters is 1. The average Bonchev–Trinajstić information content (AvgIpc) is 3.16. The van der Waals surface area contributed by atoms with Gasteiger partial charge in [-0.15, -0.1) is 11.8 Å². The van der Waals surface area contributed by atoms with E-state index in [0.717, 1.165) is 38.9 Å². The van der Waals surface area contributed by atoms with Crippen LogP contribution in [0.4, 0.5) is 11.4 Å². The summed E-state index contributed by atoms with van der Waals surface area (Å²) in [5.74, 6) is -1.27. The van der Waals surface area contributed by atoms with Crippen LogP contribution in [0.15, 0.2) is 71.6 Å². The number of carbonyl (C=O) groups excluding carboxylic acids is 3. The molecule has 7 nitrogen and oxygen atoms in total. The number of thioether (sulfide) groups is 1. The Balaban J connectivity index is 1.21. The lowest BCUT2D eigenvalue weighted by atomic mass is 10.1. The van der Waals surface area contributed by atoms with E-state index in [2.05, 4.69) is 34.3 Å². The quantitative estimate of drug-likeness (QED) is 0.393. The summed E-state index contributed by atoms with van der Waals surface area (Å²) < 4.78 is 7.38. The Morgan fingerprint density at radius 1 is 1.03 bits per heavy atom. The van der Waals surface area contributed by atoms with Gasteiger partial charge in [0, 0.05) is 38.9 Å². The number of nitrogens with one attached hydrogen (secondary N) is 2. The van der Waals surface area contributed by atoms with Crippen molar-refractivity contribution in [1.29, 1.82) is 0 Å². The molecule has 3 aromatic carbocycles. The highest BCUT2D eigenvalue weighted by atomic mass is 32.2. The van der Waals surface area contributed by atoms with Crippen LogP contribution >= 0.6 is 11.8 Å². The molecule has 0 spiro atoms. The van der Waals surface area contributed by atoms with E-state index in [9.17, 15) is 14.4 Å². The Morgan fingerprint density at radius 3 is 2.65 bits per heavy atom. The molecule has 0 fully saturated rings. The van der Waals surface area contributed by atoms with E-state index in [1.54, 1.807) is 0 Å². The number of nitrogens with zero attached hydrogens (tertiary/aromatic N) is 1. The van der Waals surface area contributed by atoms with Crippen molar-refractivity contribution >= 4 is 62.7 Å². The lowest BCUT2D eigenvalue weighted by Crippen LogP contribution is -2.32. The van der Waals surface area contributed by atoms with E-state index >= 15 is 0 Å². The fourth-order valence-electron chi connectivity index (χ4n) is 4.25. The third kappa shape index (κ3) is 4.24. The summed E-state index contributed by atoms with van der Waals surface area (Å²) in [4.78, 5) is 37.9. The molecule has 0 saturated heterocycles. The van der Waals surface area contributed by atoms with Gasteiger partial charge >= 0.3 is 5.97 Å².